The molecular weight excluding hydrogens is 240 g/mol. The average Bonchev–Trinajstić information content (AvgIpc) is 2.46. The van der Waals surface area contributed by atoms with Crippen molar-refractivity contribution >= 4 is 5.78 Å². The van der Waals surface area contributed by atoms with E-state index in [2.05, 4.69) is 0 Å². The maximum absolute atomic E-state index is 11.5. The topological polar surface area (TPSA) is 35.5 Å². The lowest BCUT2D eigenvalue weighted by Crippen LogP contribution is -1.95. The molecule has 0 heterocycles. The van der Waals surface area contributed by atoms with Gasteiger partial charge in [0.05, 0.1) is 14.2 Å². The molecule has 0 bridgehead atoms. The van der Waals surface area contributed by atoms with E-state index in [9.17, 15) is 4.79 Å². The molecule has 0 fully saturated rings. The zero-order valence-electron chi connectivity index (χ0n) is 11.3. The summed E-state index contributed by atoms with van der Waals surface area (Å²) in [5.74, 6) is 1.58. The molecule has 0 radical (unpaired) electrons. The molecule has 0 aliphatic carbocycles. The number of methoxy groups -OCH3 is 2. The number of hydrogen-bond donors (Lipinski definition) is 0. The Balaban J connectivity index is 2.51. The van der Waals surface area contributed by atoms with Crippen LogP contribution in [-0.4, -0.2) is 20.0 Å². The van der Waals surface area contributed by atoms with Crippen LogP contribution in [0.4, 0.5) is 0 Å². The average molecular weight is 256 g/mol. The Morgan fingerprint density at radius 2 is 1.63 bits per heavy atom. The van der Waals surface area contributed by atoms with E-state index in [0.29, 0.717) is 5.56 Å². The van der Waals surface area contributed by atoms with Crippen molar-refractivity contribution in [2.75, 3.05) is 14.2 Å². The van der Waals surface area contributed by atoms with Crippen LogP contribution in [0.1, 0.15) is 17.3 Å². The van der Waals surface area contributed by atoms with Gasteiger partial charge in [-0.1, -0.05) is 12.1 Å². The second kappa shape index (κ2) is 5.57. The van der Waals surface area contributed by atoms with Crippen LogP contribution >= 0.6 is 0 Å². The van der Waals surface area contributed by atoms with Crippen LogP contribution in [0.5, 0.6) is 11.5 Å². The lowest BCUT2D eigenvalue weighted by atomic mass is 10.0. The first-order valence-electron chi connectivity index (χ1n) is 5.99. The van der Waals surface area contributed by atoms with E-state index in [4.69, 9.17) is 9.47 Å². The number of hydrogen-bond acceptors (Lipinski definition) is 3. The summed E-state index contributed by atoms with van der Waals surface area (Å²) in [6.07, 6.45) is 0. The van der Waals surface area contributed by atoms with E-state index < -0.39 is 0 Å². The molecule has 0 amide bonds. The second-order valence-corrected chi connectivity index (χ2v) is 4.20. The summed E-state index contributed by atoms with van der Waals surface area (Å²) in [7, 11) is 3.25. The van der Waals surface area contributed by atoms with E-state index in [1.54, 1.807) is 27.2 Å². The van der Waals surface area contributed by atoms with Crippen LogP contribution in [0, 0.1) is 0 Å². The van der Waals surface area contributed by atoms with Gasteiger partial charge in [-0.15, -0.1) is 0 Å². The molecule has 19 heavy (non-hydrogen) atoms. The highest BCUT2D eigenvalue weighted by Crippen LogP contribution is 2.32. The molecule has 0 saturated heterocycles. The minimum atomic E-state index is 0.0393. The van der Waals surface area contributed by atoms with E-state index in [0.717, 1.165) is 22.6 Å². The predicted molar refractivity (Wildman–Crippen MR) is 75.0 cm³/mol. The van der Waals surface area contributed by atoms with Crippen molar-refractivity contribution in [3.63, 3.8) is 0 Å². The normalized spacial score (nSPS) is 10.1. The van der Waals surface area contributed by atoms with Crippen molar-refractivity contribution in [2.45, 2.75) is 6.92 Å². The minimum Gasteiger partial charge on any atom is -0.497 e. The number of ether oxygens (including phenoxy) is 2. The first kappa shape index (κ1) is 13.1. The molecule has 0 aliphatic heterocycles. The highest BCUT2D eigenvalue weighted by molar-refractivity contribution is 5.96. The molecule has 3 heteroatoms. The predicted octanol–water partition coefficient (Wildman–Crippen LogP) is 3.57. The van der Waals surface area contributed by atoms with Crippen molar-refractivity contribution in [2.24, 2.45) is 0 Å². The summed E-state index contributed by atoms with van der Waals surface area (Å²) in [4.78, 5) is 11.5. The van der Waals surface area contributed by atoms with Crippen molar-refractivity contribution in [3.8, 4) is 22.6 Å². The van der Waals surface area contributed by atoms with Gasteiger partial charge in [0.25, 0.3) is 0 Å². The van der Waals surface area contributed by atoms with Gasteiger partial charge in [0.15, 0.2) is 5.78 Å². The summed E-state index contributed by atoms with van der Waals surface area (Å²) in [5.41, 5.74) is 2.56. The van der Waals surface area contributed by atoms with Crippen LogP contribution in [0.3, 0.4) is 0 Å². The lowest BCUT2D eigenvalue weighted by molar-refractivity contribution is 0.101. The Morgan fingerprint density at radius 3 is 2.16 bits per heavy atom. The first-order valence-corrected chi connectivity index (χ1v) is 5.99. The summed E-state index contributed by atoms with van der Waals surface area (Å²) < 4.78 is 10.5. The molecule has 3 nitrogen and oxygen atoms in total. The SMILES string of the molecule is COc1ccc(-c2cc(C(C)=O)ccc2OC)cc1. The maximum atomic E-state index is 11.5. The third-order valence-electron chi connectivity index (χ3n) is 3.01. The largest absolute Gasteiger partial charge is 0.497 e. The molecule has 0 unspecified atom stereocenters. The third kappa shape index (κ3) is 2.76. The highest BCUT2D eigenvalue weighted by atomic mass is 16.5. The van der Waals surface area contributed by atoms with Gasteiger partial charge in [-0.05, 0) is 42.8 Å². The Hall–Kier alpha value is -2.29. The third-order valence-corrected chi connectivity index (χ3v) is 3.01. The summed E-state index contributed by atoms with van der Waals surface area (Å²) >= 11 is 0. The van der Waals surface area contributed by atoms with Gasteiger partial charge in [-0.3, -0.25) is 4.79 Å². The summed E-state index contributed by atoms with van der Waals surface area (Å²) in [6.45, 7) is 1.56. The Kier molecular flexibility index (Phi) is 3.85. The van der Waals surface area contributed by atoms with Crippen LogP contribution in [-0.2, 0) is 0 Å². The number of carbonyl (C=O) groups is 1. The molecule has 2 rings (SSSR count). The standard InChI is InChI=1S/C16H16O3/c1-11(17)13-6-9-16(19-3)15(10-13)12-4-7-14(18-2)8-5-12/h4-10H,1-3H3. The second-order valence-electron chi connectivity index (χ2n) is 4.20. The van der Waals surface area contributed by atoms with Gasteiger partial charge in [-0.2, -0.15) is 0 Å². The number of ketones is 1. The molecular formula is C16H16O3. The van der Waals surface area contributed by atoms with Gasteiger partial charge in [0.1, 0.15) is 11.5 Å². The number of Topliss-reactive ketones (excluding diaryl/α,β-unsaturated/α-hetero) is 1. The fraction of sp³-hybridized carbons (Fsp3) is 0.188. The Bertz CT molecular complexity index is 585. The van der Waals surface area contributed by atoms with Crippen molar-refractivity contribution in [1.82, 2.24) is 0 Å². The van der Waals surface area contributed by atoms with Crippen molar-refractivity contribution in [1.29, 1.82) is 0 Å². The molecule has 98 valence electrons. The fourth-order valence-electron chi connectivity index (χ4n) is 1.92. The summed E-state index contributed by atoms with van der Waals surface area (Å²) in [5, 5.41) is 0. The smallest absolute Gasteiger partial charge is 0.159 e. The molecule has 2 aromatic carbocycles. The Labute approximate surface area is 112 Å². The molecule has 0 spiro atoms. The molecule has 0 N–H and O–H groups in total. The van der Waals surface area contributed by atoms with E-state index in [1.807, 2.05) is 36.4 Å². The maximum Gasteiger partial charge on any atom is 0.159 e. The zero-order chi connectivity index (χ0) is 13.8. The number of benzene rings is 2. The number of carbonyl (C=O) groups excluding carboxylic acids is 1. The van der Waals surface area contributed by atoms with Crippen molar-refractivity contribution in [3.05, 3.63) is 48.0 Å². The van der Waals surface area contributed by atoms with Gasteiger partial charge >= 0.3 is 0 Å². The van der Waals surface area contributed by atoms with Crippen molar-refractivity contribution < 1.29 is 14.3 Å². The fourth-order valence-corrected chi connectivity index (χ4v) is 1.92. The quantitative estimate of drug-likeness (QED) is 0.784. The molecule has 0 saturated carbocycles. The van der Waals surface area contributed by atoms with Gasteiger partial charge < -0.3 is 9.47 Å². The van der Waals surface area contributed by atoms with Crippen LogP contribution in [0.15, 0.2) is 42.5 Å². The molecule has 0 atom stereocenters. The first-order chi connectivity index (χ1) is 9.15. The number of rotatable bonds is 4. The minimum absolute atomic E-state index is 0.0393. The van der Waals surface area contributed by atoms with Gasteiger partial charge in [0.2, 0.25) is 0 Å². The van der Waals surface area contributed by atoms with Gasteiger partial charge in [-0.25, -0.2) is 0 Å². The molecule has 2 aromatic rings. The summed E-state index contributed by atoms with van der Waals surface area (Å²) in [6, 6.07) is 13.1. The Morgan fingerprint density at radius 1 is 0.947 bits per heavy atom. The molecule has 0 aliphatic rings. The lowest BCUT2D eigenvalue weighted by Gasteiger charge is -2.10. The van der Waals surface area contributed by atoms with Crippen LogP contribution in [0.2, 0.25) is 0 Å². The molecule has 0 aromatic heterocycles. The van der Waals surface area contributed by atoms with Crippen LogP contribution in [0.25, 0.3) is 11.1 Å². The van der Waals surface area contributed by atoms with Gasteiger partial charge in [0, 0.05) is 11.1 Å². The highest BCUT2D eigenvalue weighted by Gasteiger charge is 2.09. The van der Waals surface area contributed by atoms with E-state index in [1.165, 1.54) is 0 Å². The van der Waals surface area contributed by atoms with E-state index in [-0.39, 0.29) is 5.78 Å². The van der Waals surface area contributed by atoms with Crippen LogP contribution < -0.4 is 9.47 Å². The monoisotopic (exact) mass is 256 g/mol. The zero-order valence-corrected chi connectivity index (χ0v) is 11.3. The van der Waals surface area contributed by atoms with E-state index >= 15 is 0 Å².